The second-order valence-corrected chi connectivity index (χ2v) is 4.39. The van der Waals surface area contributed by atoms with Crippen molar-refractivity contribution in [3.63, 3.8) is 0 Å². The Morgan fingerprint density at radius 2 is 2.20 bits per heavy atom. The van der Waals surface area contributed by atoms with Crippen molar-refractivity contribution >= 4 is 6.08 Å². The van der Waals surface area contributed by atoms with Crippen molar-refractivity contribution in [1.29, 1.82) is 0 Å². The maximum Gasteiger partial charge on any atom is 0.174 e. The van der Waals surface area contributed by atoms with Crippen LogP contribution in [-0.2, 0) is 13.2 Å². The van der Waals surface area contributed by atoms with E-state index < -0.39 is 0 Å². The van der Waals surface area contributed by atoms with Gasteiger partial charge in [0, 0.05) is 18.2 Å². The molecule has 0 spiro atoms. The van der Waals surface area contributed by atoms with E-state index in [0.717, 1.165) is 35.9 Å². The van der Waals surface area contributed by atoms with Crippen LogP contribution in [0.5, 0.6) is 5.75 Å². The van der Waals surface area contributed by atoms with Crippen LogP contribution in [0, 0.1) is 0 Å². The second-order valence-electron chi connectivity index (χ2n) is 4.39. The van der Waals surface area contributed by atoms with Gasteiger partial charge in [0.15, 0.2) is 5.76 Å². The molecule has 0 saturated heterocycles. The summed E-state index contributed by atoms with van der Waals surface area (Å²) in [6, 6.07) is 9.84. The van der Waals surface area contributed by atoms with Crippen molar-refractivity contribution in [2.75, 3.05) is 6.54 Å². The van der Waals surface area contributed by atoms with Crippen LogP contribution in [0.3, 0.4) is 0 Å². The molecule has 0 saturated carbocycles. The standard InChI is InChI=1S/C16H20N2O2/c1-3-7-13-8-5-6-9-16(13)19-12-15-10-14(18-20-15)11-17-4-2/h3,5-10,17H,4,11-12H2,1-2H3. The number of aromatic nitrogens is 1. The van der Waals surface area contributed by atoms with Gasteiger partial charge in [0.25, 0.3) is 0 Å². The van der Waals surface area contributed by atoms with Crippen LogP contribution < -0.4 is 10.1 Å². The van der Waals surface area contributed by atoms with E-state index in [9.17, 15) is 0 Å². The van der Waals surface area contributed by atoms with Gasteiger partial charge in [-0.1, -0.05) is 42.4 Å². The molecule has 1 N–H and O–H groups in total. The van der Waals surface area contributed by atoms with Crippen molar-refractivity contribution < 1.29 is 9.26 Å². The van der Waals surface area contributed by atoms with Gasteiger partial charge in [-0.3, -0.25) is 0 Å². The van der Waals surface area contributed by atoms with Gasteiger partial charge in [-0.15, -0.1) is 0 Å². The zero-order chi connectivity index (χ0) is 14.2. The van der Waals surface area contributed by atoms with Gasteiger partial charge < -0.3 is 14.6 Å². The minimum Gasteiger partial charge on any atom is -0.485 e. The Balaban J connectivity index is 1.96. The van der Waals surface area contributed by atoms with E-state index in [1.165, 1.54) is 0 Å². The zero-order valence-electron chi connectivity index (χ0n) is 11.9. The lowest BCUT2D eigenvalue weighted by atomic mass is 10.2. The smallest absolute Gasteiger partial charge is 0.174 e. The van der Waals surface area contributed by atoms with E-state index in [1.807, 2.05) is 49.4 Å². The molecular formula is C16H20N2O2. The van der Waals surface area contributed by atoms with Crippen LogP contribution in [-0.4, -0.2) is 11.7 Å². The number of ether oxygens (including phenoxy) is 1. The third kappa shape index (κ3) is 3.96. The average Bonchev–Trinajstić information content (AvgIpc) is 2.92. The Kier molecular flexibility index (Phi) is 5.38. The molecule has 0 aliphatic carbocycles. The van der Waals surface area contributed by atoms with Crippen LogP contribution in [0.2, 0.25) is 0 Å². The molecule has 4 nitrogen and oxygen atoms in total. The number of para-hydroxylation sites is 1. The van der Waals surface area contributed by atoms with Crippen LogP contribution >= 0.6 is 0 Å². The molecule has 1 heterocycles. The molecule has 0 atom stereocenters. The highest BCUT2D eigenvalue weighted by atomic mass is 16.5. The molecule has 0 unspecified atom stereocenters. The minimum absolute atomic E-state index is 0.383. The second kappa shape index (κ2) is 7.50. The number of nitrogens with zero attached hydrogens (tertiary/aromatic N) is 1. The van der Waals surface area contributed by atoms with Gasteiger partial charge in [0.05, 0.1) is 5.69 Å². The molecule has 0 radical (unpaired) electrons. The normalized spacial score (nSPS) is 11.1. The summed E-state index contributed by atoms with van der Waals surface area (Å²) in [4.78, 5) is 0. The van der Waals surface area contributed by atoms with Gasteiger partial charge in [-0.2, -0.15) is 0 Å². The van der Waals surface area contributed by atoms with E-state index >= 15 is 0 Å². The fraction of sp³-hybridized carbons (Fsp3) is 0.312. The maximum absolute atomic E-state index is 5.79. The predicted octanol–water partition coefficient (Wildman–Crippen LogP) is 3.40. The fourth-order valence-electron chi connectivity index (χ4n) is 1.84. The summed E-state index contributed by atoms with van der Waals surface area (Å²) >= 11 is 0. The Morgan fingerprint density at radius 3 is 3.00 bits per heavy atom. The SMILES string of the molecule is CC=Cc1ccccc1OCc1cc(CNCC)no1. The average molecular weight is 272 g/mol. The quantitative estimate of drug-likeness (QED) is 0.839. The maximum atomic E-state index is 5.79. The van der Waals surface area contributed by atoms with E-state index in [1.54, 1.807) is 0 Å². The number of nitrogens with one attached hydrogen (secondary N) is 1. The number of rotatable bonds is 7. The molecule has 2 rings (SSSR count). The topological polar surface area (TPSA) is 47.3 Å². The Labute approximate surface area is 119 Å². The molecule has 0 bridgehead atoms. The van der Waals surface area contributed by atoms with E-state index in [4.69, 9.17) is 9.26 Å². The number of benzene rings is 1. The summed E-state index contributed by atoms with van der Waals surface area (Å²) in [5.41, 5.74) is 1.95. The van der Waals surface area contributed by atoms with Crippen molar-refractivity contribution in [2.24, 2.45) is 0 Å². The fourth-order valence-corrected chi connectivity index (χ4v) is 1.84. The van der Waals surface area contributed by atoms with Crippen molar-refractivity contribution in [3.05, 3.63) is 53.4 Å². The first-order valence-corrected chi connectivity index (χ1v) is 6.83. The summed E-state index contributed by atoms with van der Waals surface area (Å²) < 4.78 is 11.0. The molecule has 1 aromatic heterocycles. The molecule has 1 aromatic carbocycles. The van der Waals surface area contributed by atoms with Gasteiger partial charge in [0.2, 0.25) is 0 Å². The Bertz CT molecular complexity index is 561. The Hall–Kier alpha value is -2.07. The predicted molar refractivity (Wildman–Crippen MR) is 79.4 cm³/mol. The lowest BCUT2D eigenvalue weighted by Gasteiger charge is -2.06. The Morgan fingerprint density at radius 1 is 1.35 bits per heavy atom. The van der Waals surface area contributed by atoms with Crippen LogP contribution in [0.4, 0.5) is 0 Å². The summed E-state index contributed by atoms with van der Waals surface area (Å²) in [5.74, 6) is 1.57. The lowest BCUT2D eigenvalue weighted by molar-refractivity contribution is 0.248. The number of hydrogen-bond acceptors (Lipinski definition) is 4. The molecule has 0 fully saturated rings. The van der Waals surface area contributed by atoms with Gasteiger partial charge in [-0.05, 0) is 19.5 Å². The zero-order valence-corrected chi connectivity index (χ0v) is 11.9. The third-order valence-electron chi connectivity index (χ3n) is 2.80. The highest BCUT2D eigenvalue weighted by Crippen LogP contribution is 2.20. The molecule has 106 valence electrons. The highest BCUT2D eigenvalue weighted by molar-refractivity contribution is 5.56. The molecule has 0 aliphatic heterocycles. The van der Waals surface area contributed by atoms with Gasteiger partial charge in [0.1, 0.15) is 12.4 Å². The number of hydrogen-bond donors (Lipinski definition) is 1. The van der Waals surface area contributed by atoms with Crippen molar-refractivity contribution in [3.8, 4) is 5.75 Å². The molecule has 0 amide bonds. The molecule has 4 heteroatoms. The molecule has 20 heavy (non-hydrogen) atoms. The summed E-state index contributed by atoms with van der Waals surface area (Å²) in [6.45, 7) is 6.06. The van der Waals surface area contributed by atoms with Crippen molar-refractivity contribution in [2.45, 2.75) is 27.0 Å². The minimum atomic E-state index is 0.383. The van der Waals surface area contributed by atoms with Crippen LogP contribution in [0.25, 0.3) is 6.08 Å². The summed E-state index contributed by atoms with van der Waals surface area (Å²) in [5, 5.41) is 7.20. The van der Waals surface area contributed by atoms with E-state index in [0.29, 0.717) is 6.61 Å². The monoisotopic (exact) mass is 272 g/mol. The highest BCUT2D eigenvalue weighted by Gasteiger charge is 2.06. The molecule has 2 aromatic rings. The molecular weight excluding hydrogens is 252 g/mol. The van der Waals surface area contributed by atoms with Gasteiger partial charge >= 0.3 is 0 Å². The number of allylic oxidation sites excluding steroid dienone is 1. The largest absolute Gasteiger partial charge is 0.485 e. The first-order chi connectivity index (χ1) is 9.83. The van der Waals surface area contributed by atoms with Crippen molar-refractivity contribution in [1.82, 2.24) is 10.5 Å². The van der Waals surface area contributed by atoms with E-state index in [2.05, 4.69) is 17.4 Å². The summed E-state index contributed by atoms with van der Waals surface area (Å²) in [7, 11) is 0. The van der Waals surface area contributed by atoms with Crippen LogP contribution in [0.1, 0.15) is 30.9 Å². The first-order valence-electron chi connectivity index (χ1n) is 6.83. The van der Waals surface area contributed by atoms with Gasteiger partial charge in [-0.25, -0.2) is 0 Å². The first kappa shape index (κ1) is 14.3. The molecule has 0 aliphatic rings. The van der Waals surface area contributed by atoms with Crippen LogP contribution in [0.15, 0.2) is 40.9 Å². The van der Waals surface area contributed by atoms with E-state index in [-0.39, 0.29) is 0 Å². The lowest BCUT2D eigenvalue weighted by Crippen LogP contribution is -2.11. The third-order valence-corrected chi connectivity index (χ3v) is 2.80. The summed E-state index contributed by atoms with van der Waals surface area (Å²) in [6.07, 6.45) is 4.01.